The highest BCUT2D eigenvalue weighted by Crippen LogP contribution is 2.66. The lowest BCUT2D eigenvalue weighted by Gasteiger charge is -2.44. The van der Waals surface area contributed by atoms with E-state index in [0.717, 1.165) is 18.4 Å². The van der Waals surface area contributed by atoms with E-state index in [0.29, 0.717) is 39.0 Å². The minimum absolute atomic E-state index is 0.0293. The number of para-hydroxylation sites is 1. The van der Waals surface area contributed by atoms with Crippen LogP contribution < -0.4 is 15.5 Å². The molecule has 1 saturated heterocycles. The van der Waals surface area contributed by atoms with E-state index < -0.39 is 31.3 Å². The number of benzene rings is 1. The molecule has 1 aliphatic heterocycles. The fourth-order valence-corrected chi connectivity index (χ4v) is 10.2. The molecular formula is C28H43N5O5S2. The Morgan fingerprint density at radius 1 is 1.15 bits per heavy atom. The largest absolute Gasteiger partial charge is 0.369 e. The van der Waals surface area contributed by atoms with Crippen molar-refractivity contribution in [1.82, 2.24) is 14.9 Å². The molecule has 3 unspecified atom stereocenters. The number of sulfonamides is 1. The van der Waals surface area contributed by atoms with Crippen molar-refractivity contribution in [2.24, 2.45) is 16.7 Å². The summed E-state index contributed by atoms with van der Waals surface area (Å²) in [6.45, 7) is 8.29. The van der Waals surface area contributed by atoms with E-state index in [-0.39, 0.29) is 47.8 Å². The van der Waals surface area contributed by atoms with Crippen LogP contribution in [-0.4, -0.2) is 89.6 Å². The first-order chi connectivity index (χ1) is 18.7. The molecule has 1 aromatic carbocycles. The van der Waals surface area contributed by atoms with Crippen molar-refractivity contribution in [3.63, 3.8) is 0 Å². The van der Waals surface area contributed by atoms with Crippen LogP contribution in [-0.2, 0) is 24.7 Å². The molecule has 222 valence electrons. The van der Waals surface area contributed by atoms with Crippen LogP contribution in [0.5, 0.6) is 0 Å². The van der Waals surface area contributed by atoms with Gasteiger partial charge in [0, 0.05) is 49.6 Å². The Balaban J connectivity index is 1.49. The Labute approximate surface area is 239 Å². The molecule has 2 aliphatic carbocycles. The summed E-state index contributed by atoms with van der Waals surface area (Å²) in [5, 5.41) is 15.0. The minimum Gasteiger partial charge on any atom is -0.369 e. The second kappa shape index (κ2) is 11.6. The number of hydrogen-bond acceptors (Lipinski definition) is 8. The Morgan fingerprint density at radius 3 is 2.42 bits per heavy atom. The summed E-state index contributed by atoms with van der Waals surface area (Å²) in [6, 6.07) is 8.88. The maximum Gasteiger partial charge on any atom is 0.237 e. The van der Waals surface area contributed by atoms with E-state index in [1.807, 2.05) is 18.2 Å². The van der Waals surface area contributed by atoms with Crippen molar-refractivity contribution in [3.8, 4) is 6.07 Å². The second-order valence-corrected chi connectivity index (χ2v) is 16.6. The maximum absolute atomic E-state index is 13.9. The van der Waals surface area contributed by atoms with Gasteiger partial charge in [-0.1, -0.05) is 32.0 Å². The zero-order valence-electron chi connectivity index (χ0n) is 24.0. The van der Waals surface area contributed by atoms with Crippen molar-refractivity contribution in [2.75, 3.05) is 55.4 Å². The van der Waals surface area contributed by atoms with Crippen LogP contribution in [0.15, 0.2) is 24.3 Å². The molecule has 10 nitrogen and oxygen atoms in total. The van der Waals surface area contributed by atoms with Gasteiger partial charge in [-0.15, -0.1) is 0 Å². The van der Waals surface area contributed by atoms with Crippen LogP contribution in [0.3, 0.4) is 0 Å². The van der Waals surface area contributed by atoms with Crippen LogP contribution >= 0.6 is 0 Å². The number of anilines is 1. The van der Waals surface area contributed by atoms with Crippen LogP contribution in [0, 0.1) is 35.0 Å². The Kier molecular flexibility index (Phi) is 8.91. The normalized spacial score (nSPS) is 27.3. The van der Waals surface area contributed by atoms with Gasteiger partial charge in [-0.05, 0) is 55.6 Å². The van der Waals surface area contributed by atoms with Gasteiger partial charge in [0.25, 0.3) is 0 Å². The van der Waals surface area contributed by atoms with E-state index in [1.54, 1.807) is 4.31 Å². The monoisotopic (exact) mass is 593 g/mol. The van der Waals surface area contributed by atoms with Gasteiger partial charge in [0.05, 0.1) is 30.2 Å². The van der Waals surface area contributed by atoms with Crippen molar-refractivity contribution < 1.29 is 21.6 Å². The SMILES string of the molecule is Cc1ccccc1N1CCN(S(=O)(=O)CC23CCC(CC2NC(=O)[C@H](CCS(C)(=O)=O)NCC#N)C3(C)C)CC1. The number of amides is 1. The van der Waals surface area contributed by atoms with Crippen LogP contribution in [0.4, 0.5) is 5.69 Å². The topological polar surface area (TPSA) is 140 Å². The number of carbonyl (C=O) groups is 1. The highest BCUT2D eigenvalue weighted by Gasteiger charge is 2.66. The quantitative estimate of drug-likeness (QED) is 0.370. The first kappa shape index (κ1) is 30.8. The molecule has 0 aromatic heterocycles. The fourth-order valence-electron chi connectivity index (χ4n) is 7.26. The number of hydrogen-bond donors (Lipinski definition) is 2. The molecule has 3 fully saturated rings. The van der Waals surface area contributed by atoms with Crippen molar-refractivity contribution in [1.29, 1.82) is 5.26 Å². The summed E-state index contributed by atoms with van der Waals surface area (Å²) in [7, 11) is -6.91. The maximum atomic E-state index is 13.9. The molecule has 2 N–H and O–H groups in total. The summed E-state index contributed by atoms with van der Waals surface area (Å²) in [6.07, 6.45) is 3.47. The zero-order chi connectivity index (χ0) is 29.3. The van der Waals surface area contributed by atoms with Gasteiger partial charge in [0.1, 0.15) is 9.84 Å². The average molecular weight is 594 g/mol. The molecular weight excluding hydrogens is 550 g/mol. The summed E-state index contributed by atoms with van der Waals surface area (Å²) >= 11 is 0. The summed E-state index contributed by atoms with van der Waals surface area (Å²) < 4.78 is 52.9. The third-order valence-corrected chi connectivity index (χ3v) is 12.8. The summed E-state index contributed by atoms with van der Waals surface area (Å²) in [5.41, 5.74) is 1.38. The number of carbonyl (C=O) groups excluding carboxylic acids is 1. The highest BCUT2D eigenvalue weighted by molar-refractivity contribution is 7.90. The molecule has 2 saturated carbocycles. The number of sulfone groups is 1. The van der Waals surface area contributed by atoms with Gasteiger partial charge in [-0.3, -0.25) is 10.1 Å². The molecule has 3 aliphatic rings. The zero-order valence-corrected chi connectivity index (χ0v) is 25.7. The van der Waals surface area contributed by atoms with E-state index in [4.69, 9.17) is 5.26 Å². The van der Waals surface area contributed by atoms with E-state index in [9.17, 15) is 21.6 Å². The number of nitrogens with zero attached hydrogens (tertiary/aromatic N) is 3. The Hall–Kier alpha value is -2.20. The van der Waals surface area contributed by atoms with Gasteiger partial charge in [0.15, 0.2) is 0 Å². The van der Waals surface area contributed by atoms with Gasteiger partial charge in [-0.25, -0.2) is 16.8 Å². The molecule has 1 aromatic rings. The molecule has 4 atom stereocenters. The smallest absolute Gasteiger partial charge is 0.237 e. The van der Waals surface area contributed by atoms with Gasteiger partial charge in [0.2, 0.25) is 15.9 Å². The van der Waals surface area contributed by atoms with E-state index in [2.05, 4.69) is 48.4 Å². The number of rotatable bonds is 11. The number of piperazine rings is 1. The Morgan fingerprint density at radius 2 is 1.82 bits per heavy atom. The molecule has 1 amide bonds. The predicted octanol–water partition coefficient (Wildman–Crippen LogP) is 1.67. The minimum atomic E-state index is -3.61. The lowest BCUT2D eigenvalue weighted by Crippen LogP contribution is -2.58. The number of aryl methyl sites for hydroxylation is 1. The van der Waals surface area contributed by atoms with Gasteiger partial charge < -0.3 is 10.2 Å². The molecule has 12 heteroatoms. The fraction of sp³-hybridized carbons (Fsp3) is 0.714. The van der Waals surface area contributed by atoms with Crippen molar-refractivity contribution in [3.05, 3.63) is 29.8 Å². The third kappa shape index (κ3) is 6.17. The first-order valence-corrected chi connectivity index (χ1v) is 17.7. The summed E-state index contributed by atoms with van der Waals surface area (Å²) in [4.78, 5) is 15.6. The predicted molar refractivity (Wildman–Crippen MR) is 156 cm³/mol. The first-order valence-electron chi connectivity index (χ1n) is 14.1. The van der Waals surface area contributed by atoms with Crippen LogP contribution in [0.2, 0.25) is 0 Å². The molecule has 2 bridgehead atoms. The molecule has 0 spiro atoms. The molecule has 1 heterocycles. The molecule has 40 heavy (non-hydrogen) atoms. The summed E-state index contributed by atoms with van der Waals surface area (Å²) in [5.74, 6) is -0.308. The number of nitrogens with one attached hydrogen (secondary N) is 2. The molecule has 0 radical (unpaired) electrons. The lowest BCUT2D eigenvalue weighted by molar-refractivity contribution is -0.124. The van der Waals surface area contributed by atoms with Crippen molar-refractivity contribution >= 4 is 31.5 Å². The Bertz CT molecular complexity index is 1350. The van der Waals surface area contributed by atoms with Gasteiger partial charge in [-0.2, -0.15) is 9.57 Å². The lowest BCUT2D eigenvalue weighted by atomic mass is 9.69. The standard InChI is InChI=1S/C28H43N5O5S2/c1-21-7-5-6-8-24(21)32-14-16-33(17-15-32)40(37,38)20-28-11-9-22(27(28,2)3)19-25(28)31-26(34)23(30-13-12-29)10-18-39(4,35)36/h5-8,22-23,25,30H,9-11,13-20H2,1-4H3,(H,31,34)/t22?,23-,25?,28?/m0/s1. The second-order valence-electron chi connectivity index (χ2n) is 12.3. The van der Waals surface area contributed by atoms with E-state index in [1.165, 1.54) is 5.56 Å². The van der Waals surface area contributed by atoms with Crippen molar-refractivity contribution in [2.45, 2.75) is 58.5 Å². The average Bonchev–Trinajstić information content (AvgIpc) is 3.23. The number of fused-ring (bicyclic) bond motifs is 2. The van der Waals surface area contributed by atoms with Gasteiger partial charge >= 0.3 is 0 Å². The molecule has 4 rings (SSSR count). The highest BCUT2D eigenvalue weighted by atomic mass is 32.2. The number of nitriles is 1. The third-order valence-electron chi connectivity index (χ3n) is 9.80. The van der Waals surface area contributed by atoms with Crippen LogP contribution in [0.25, 0.3) is 0 Å². The van der Waals surface area contributed by atoms with E-state index >= 15 is 0 Å². The van der Waals surface area contributed by atoms with Crippen LogP contribution in [0.1, 0.15) is 45.1 Å².